The van der Waals surface area contributed by atoms with Gasteiger partial charge in [0.05, 0.1) is 6.54 Å². The lowest BCUT2D eigenvalue weighted by Gasteiger charge is -2.33. The molecule has 6 heteroatoms. The van der Waals surface area contributed by atoms with E-state index in [1.54, 1.807) is 25.1 Å². The normalized spacial score (nSPS) is 17.8. The van der Waals surface area contributed by atoms with Gasteiger partial charge in [0.2, 0.25) is 5.91 Å². The van der Waals surface area contributed by atoms with Crippen molar-refractivity contribution in [3.8, 4) is 5.75 Å². The summed E-state index contributed by atoms with van der Waals surface area (Å²) in [5.41, 5.74) is 2.55. The standard InChI is InChI=1S/C15H16N2O4/c1-2-14(19)17-7-12-10(6-13(17)15(20)21)9-5-8(18)3-4-11(9)16-12/h3-5,13,16,18H,2,6-7H2,1H3,(H,20,21)/t13-/m0/s1. The van der Waals surface area contributed by atoms with E-state index in [4.69, 9.17) is 0 Å². The number of benzene rings is 1. The van der Waals surface area contributed by atoms with E-state index in [2.05, 4.69) is 4.98 Å². The van der Waals surface area contributed by atoms with Crippen LogP contribution in [0.15, 0.2) is 18.2 Å². The van der Waals surface area contributed by atoms with E-state index in [1.807, 2.05) is 0 Å². The maximum Gasteiger partial charge on any atom is 0.326 e. The van der Waals surface area contributed by atoms with Crippen LogP contribution in [0.25, 0.3) is 10.9 Å². The van der Waals surface area contributed by atoms with Crippen molar-refractivity contribution in [2.24, 2.45) is 0 Å². The Morgan fingerprint density at radius 3 is 2.86 bits per heavy atom. The summed E-state index contributed by atoms with van der Waals surface area (Å²) in [6, 6.07) is 4.10. The molecule has 3 rings (SSSR count). The summed E-state index contributed by atoms with van der Waals surface area (Å²) in [6.07, 6.45) is 0.528. The highest BCUT2D eigenvalue weighted by atomic mass is 16.4. The van der Waals surface area contributed by atoms with Crippen LogP contribution in [-0.2, 0) is 22.6 Å². The van der Waals surface area contributed by atoms with Crippen molar-refractivity contribution in [2.45, 2.75) is 32.4 Å². The molecule has 2 heterocycles. The second-order valence-corrected chi connectivity index (χ2v) is 5.25. The number of rotatable bonds is 2. The first kappa shape index (κ1) is 13.5. The number of carbonyl (C=O) groups excluding carboxylic acids is 1. The number of nitrogens with zero attached hydrogens (tertiary/aromatic N) is 1. The van der Waals surface area contributed by atoms with Crippen LogP contribution < -0.4 is 0 Å². The van der Waals surface area contributed by atoms with Gasteiger partial charge in [-0.25, -0.2) is 4.79 Å². The van der Waals surface area contributed by atoms with E-state index >= 15 is 0 Å². The zero-order valence-electron chi connectivity index (χ0n) is 11.6. The van der Waals surface area contributed by atoms with Crippen LogP contribution in [0.3, 0.4) is 0 Å². The average molecular weight is 288 g/mol. The molecule has 3 N–H and O–H groups in total. The molecule has 1 aromatic heterocycles. The fourth-order valence-corrected chi connectivity index (χ4v) is 2.93. The quantitative estimate of drug-likeness (QED) is 0.782. The molecule has 6 nitrogen and oxygen atoms in total. The second kappa shape index (κ2) is 4.80. The molecule has 1 atom stereocenters. The molecule has 0 fully saturated rings. The van der Waals surface area contributed by atoms with Crippen LogP contribution in [0.2, 0.25) is 0 Å². The number of aromatic hydroxyl groups is 1. The van der Waals surface area contributed by atoms with Gasteiger partial charge in [-0.1, -0.05) is 6.92 Å². The number of aliphatic carboxylic acids is 1. The Morgan fingerprint density at radius 1 is 1.43 bits per heavy atom. The zero-order valence-corrected chi connectivity index (χ0v) is 11.6. The lowest BCUT2D eigenvalue weighted by atomic mass is 9.96. The van der Waals surface area contributed by atoms with Crippen LogP contribution in [0.4, 0.5) is 0 Å². The minimum absolute atomic E-state index is 0.142. The topological polar surface area (TPSA) is 93.6 Å². The minimum atomic E-state index is -1.00. The second-order valence-electron chi connectivity index (χ2n) is 5.25. The number of nitrogens with one attached hydrogen (secondary N) is 1. The largest absolute Gasteiger partial charge is 0.508 e. The molecule has 0 radical (unpaired) electrons. The van der Waals surface area contributed by atoms with Crippen molar-refractivity contribution in [3.63, 3.8) is 0 Å². The maximum atomic E-state index is 12.0. The van der Waals surface area contributed by atoms with Gasteiger partial charge in [0.25, 0.3) is 0 Å². The molecule has 1 aliphatic heterocycles. The highest BCUT2D eigenvalue weighted by Crippen LogP contribution is 2.32. The molecule has 0 saturated carbocycles. The van der Waals surface area contributed by atoms with Gasteiger partial charge >= 0.3 is 5.97 Å². The molecule has 1 aliphatic rings. The molecule has 0 unspecified atom stereocenters. The van der Waals surface area contributed by atoms with Crippen molar-refractivity contribution >= 4 is 22.8 Å². The molecule has 21 heavy (non-hydrogen) atoms. The monoisotopic (exact) mass is 288 g/mol. The third kappa shape index (κ3) is 2.12. The Labute approximate surface area is 121 Å². The van der Waals surface area contributed by atoms with Crippen LogP contribution >= 0.6 is 0 Å². The minimum Gasteiger partial charge on any atom is -0.508 e. The molecular weight excluding hydrogens is 272 g/mol. The number of carboxylic acid groups (broad SMARTS) is 1. The SMILES string of the molecule is CCC(=O)N1Cc2[nH]c3ccc(O)cc3c2C[C@H]1C(=O)O. The highest BCUT2D eigenvalue weighted by Gasteiger charge is 2.35. The van der Waals surface area contributed by atoms with Crippen LogP contribution in [0, 0.1) is 0 Å². The van der Waals surface area contributed by atoms with E-state index in [0.29, 0.717) is 0 Å². The highest BCUT2D eigenvalue weighted by molar-refractivity contribution is 5.90. The molecule has 1 amide bonds. The van der Waals surface area contributed by atoms with E-state index in [1.165, 1.54) is 4.90 Å². The average Bonchev–Trinajstić information content (AvgIpc) is 2.82. The van der Waals surface area contributed by atoms with Gasteiger partial charge in [0.15, 0.2) is 0 Å². The van der Waals surface area contributed by atoms with Crippen molar-refractivity contribution in [1.82, 2.24) is 9.88 Å². The summed E-state index contributed by atoms with van der Waals surface area (Å²) >= 11 is 0. The van der Waals surface area contributed by atoms with Gasteiger partial charge in [-0.05, 0) is 23.8 Å². The molecule has 0 saturated heterocycles. The number of fused-ring (bicyclic) bond motifs is 3. The first-order chi connectivity index (χ1) is 10.0. The molecule has 110 valence electrons. The summed E-state index contributed by atoms with van der Waals surface area (Å²) in [5, 5.41) is 19.8. The molecular formula is C15H16N2O4. The van der Waals surface area contributed by atoms with Gasteiger partial charge in [0, 0.05) is 29.4 Å². The van der Waals surface area contributed by atoms with Crippen molar-refractivity contribution in [2.75, 3.05) is 0 Å². The van der Waals surface area contributed by atoms with E-state index < -0.39 is 12.0 Å². The third-order valence-electron chi connectivity index (χ3n) is 3.99. The summed E-state index contributed by atoms with van der Waals surface area (Å²) in [7, 11) is 0. The number of carboxylic acids is 1. The van der Waals surface area contributed by atoms with Gasteiger partial charge in [0.1, 0.15) is 11.8 Å². The van der Waals surface area contributed by atoms with Crippen LogP contribution in [-0.4, -0.2) is 38.0 Å². The fourth-order valence-electron chi connectivity index (χ4n) is 2.93. The number of H-pyrrole nitrogens is 1. The van der Waals surface area contributed by atoms with E-state index in [0.717, 1.165) is 22.2 Å². The molecule has 1 aromatic carbocycles. The number of hydrogen-bond acceptors (Lipinski definition) is 3. The Balaban J connectivity index is 2.10. The number of carbonyl (C=O) groups is 2. The van der Waals surface area contributed by atoms with E-state index in [-0.39, 0.29) is 31.0 Å². The smallest absolute Gasteiger partial charge is 0.326 e. The number of phenols is 1. The molecule has 0 bridgehead atoms. The predicted molar refractivity (Wildman–Crippen MR) is 75.9 cm³/mol. The lowest BCUT2D eigenvalue weighted by molar-refractivity contribution is -0.151. The third-order valence-corrected chi connectivity index (χ3v) is 3.99. The number of hydrogen-bond donors (Lipinski definition) is 3. The molecule has 2 aromatic rings. The Bertz CT molecular complexity index is 735. The summed E-state index contributed by atoms with van der Waals surface area (Å²) in [6.45, 7) is 1.98. The first-order valence-corrected chi connectivity index (χ1v) is 6.86. The molecule has 0 aliphatic carbocycles. The Kier molecular flexibility index (Phi) is 3.08. The Hall–Kier alpha value is -2.50. The van der Waals surface area contributed by atoms with Gasteiger partial charge in [-0.2, -0.15) is 0 Å². The number of aromatic nitrogens is 1. The lowest BCUT2D eigenvalue weighted by Crippen LogP contribution is -2.48. The maximum absolute atomic E-state index is 12.0. The van der Waals surface area contributed by atoms with Gasteiger partial charge in [-0.15, -0.1) is 0 Å². The first-order valence-electron chi connectivity index (χ1n) is 6.86. The van der Waals surface area contributed by atoms with Crippen LogP contribution in [0.5, 0.6) is 5.75 Å². The summed E-state index contributed by atoms with van der Waals surface area (Å²) < 4.78 is 0. The fraction of sp³-hybridized carbons (Fsp3) is 0.333. The number of amides is 1. The number of aromatic amines is 1. The number of phenolic OH excluding ortho intramolecular Hbond substituents is 1. The molecule has 0 spiro atoms. The van der Waals surface area contributed by atoms with Crippen molar-refractivity contribution in [3.05, 3.63) is 29.5 Å². The van der Waals surface area contributed by atoms with E-state index in [9.17, 15) is 19.8 Å². The van der Waals surface area contributed by atoms with Crippen molar-refractivity contribution < 1.29 is 19.8 Å². The van der Waals surface area contributed by atoms with Gasteiger partial charge in [-0.3, -0.25) is 4.79 Å². The summed E-state index contributed by atoms with van der Waals surface area (Å²) in [5.74, 6) is -1.03. The predicted octanol–water partition coefficient (Wildman–Crippen LogP) is 1.62. The summed E-state index contributed by atoms with van der Waals surface area (Å²) in [4.78, 5) is 28.1. The van der Waals surface area contributed by atoms with Gasteiger partial charge < -0.3 is 20.1 Å². The van der Waals surface area contributed by atoms with Crippen LogP contribution in [0.1, 0.15) is 24.6 Å². The Morgan fingerprint density at radius 2 is 2.19 bits per heavy atom. The van der Waals surface area contributed by atoms with Crippen molar-refractivity contribution in [1.29, 1.82) is 0 Å². The zero-order chi connectivity index (χ0) is 15.1.